The molecule has 1 heterocycles. The zero-order valence-electron chi connectivity index (χ0n) is 17.5. The van der Waals surface area contributed by atoms with Crippen LogP contribution in [0.3, 0.4) is 0 Å². The predicted molar refractivity (Wildman–Crippen MR) is 98.0 cm³/mol. The molecule has 0 aromatic rings. The molecular weight excluding hydrogens is 316 g/mol. The van der Waals surface area contributed by atoms with Crippen molar-refractivity contribution in [2.75, 3.05) is 0 Å². The fourth-order valence-electron chi connectivity index (χ4n) is 4.34. The van der Waals surface area contributed by atoms with Crippen molar-refractivity contribution >= 4 is 11.9 Å². The maximum atomic E-state index is 13.4. The predicted octanol–water partition coefficient (Wildman–Crippen LogP) is 4.89. The van der Waals surface area contributed by atoms with Gasteiger partial charge in [0, 0.05) is 6.42 Å². The Hall–Kier alpha value is -1.06. The van der Waals surface area contributed by atoms with E-state index in [0.717, 1.165) is 12.8 Å². The summed E-state index contributed by atoms with van der Waals surface area (Å²) in [5, 5.41) is 0. The minimum atomic E-state index is -0.767. The van der Waals surface area contributed by atoms with E-state index in [1.54, 1.807) is 0 Å². The van der Waals surface area contributed by atoms with Crippen LogP contribution in [0, 0.1) is 22.2 Å². The van der Waals surface area contributed by atoms with Crippen molar-refractivity contribution in [2.24, 2.45) is 22.2 Å². The first-order valence-electron chi connectivity index (χ1n) is 9.49. The number of carbonyl (C=O) groups is 2. The van der Waals surface area contributed by atoms with Gasteiger partial charge in [0.15, 0.2) is 0 Å². The highest BCUT2D eigenvalue weighted by Crippen LogP contribution is 2.53. The van der Waals surface area contributed by atoms with E-state index in [9.17, 15) is 9.59 Å². The second kappa shape index (κ2) is 5.72. The molecule has 2 rings (SSSR count). The highest BCUT2D eigenvalue weighted by atomic mass is 16.6. The number of rotatable bonds is 3. The van der Waals surface area contributed by atoms with E-state index in [4.69, 9.17) is 9.47 Å². The summed E-state index contributed by atoms with van der Waals surface area (Å²) in [6.45, 7) is 18.6. The minimum Gasteiger partial charge on any atom is -0.455 e. The molecule has 4 atom stereocenters. The van der Waals surface area contributed by atoms with Crippen molar-refractivity contribution < 1.29 is 19.1 Å². The fraction of sp³-hybridized carbons (Fsp3) is 0.905. The summed E-state index contributed by atoms with van der Waals surface area (Å²) < 4.78 is 11.9. The van der Waals surface area contributed by atoms with Gasteiger partial charge in [0.1, 0.15) is 11.2 Å². The van der Waals surface area contributed by atoms with Crippen LogP contribution in [0.25, 0.3) is 0 Å². The molecule has 0 amide bonds. The van der Waals surface area contributed by atoms with E-state index in [1.165, 1.54) is 0 Å². The van der Waals surface area contributed by atoms with Crippen molar-refractivity contribution in [3.8, 4) is 0 Å². The molecule has 2 bridgehead atoms. The first-order valence-corrected chi connectivity index (χ1v) is 9.49. The maximum absolute atomic E-state index is 13.4. The smallest absolute Gasteiger partial charge is 0.313 e. The molecule has 1 aliphatic carbocycles. The van der Waals surface area contributed by atoms with Crippen molar-refractivity contribution in [3.63, 3.8) is 0 Å². The average molecular weight is 353 g/mol. The summed E-state index contributed by atoms with van der Waals surface area (Å²) in [6, 6.07) is 0. The van der Waals surface area contributed by atoms with Gasteiger partial charge in [-0.1, -0.05) is 41.5 Å². The number of carbonyl (C=O) groups excluding carboxylic acids is 2. The van der Waals surface area contributed by atoms with Gasteiger partial charge in [-0.2, -0.15) is 0 Å². The van der Waals surface area contributed by atoms with E-state index in [2.05, 4.69) is 41.5 Å². The summed E-state index contributed by atoms with van der Waals surface area (Å²) in [5.74, 6) is -0.365. The first kappa shape index (κ1) is 20.3. The Balaban J connectivity index is 2.31. The van der Waals surface area contributed by atoms with E-state index in [-0.39, 0.29) is 28.7 Å². The van der Waals surface area contributed by atoms with Crippen molar-refractivity contribution in [1.29, 1.82) is 0 Å². The van der Waals surface area contributed by atoms with Crippen LogP contribution in [0.1, 0.15) is 88.0 Å². The molecule has 144 valence electrons. The van der Waals surface area contributed by atoms with Crippen LogP contribution in [-0.2, 0) is 19.1 Å². The molecule has 0 radical (unpaired) electrons. The third kappa shape index (κ3) is 3.46. The van der Waals surface area contributed by atoms with Gasteiger partial charge in [-0.15, -0.1) is 0 Å². The summed E-state index contributed by atoms with van der Waals surface area (Å²) in [7, 11) is 0. The van der Waals surface area contributed by atoms with Crippen molar-refractivity contribution in [1.82, 2.24) is 0 Å². The summed E-state index contributed by atoms with van der Waals surface area (Å²) >= 11 is 0. The van der Waals surface area contributed by atoms with Crippen LogP contribution < -0.4 is 0 Å². The third-order valence-corrected chi connectivity index (χ3v) is 6.69. The molecule has 4 heteroatoms. The first-order chi connectivity index (χ1) is 11.0. The lowest BCUT2D eigenvalue weighted by Crippen LogP contribution is -2.57. The Kier molecular flexibility index (Phi) is 4.63. The lowest BCUT2D eigenvalue weighted by Gasteiger charge is -2.49. The van der Waals surface area contributed by atoms with Crippen LogP contribution >= 0.6 is 0 Å². The molecule has 25 heavy (non-hydrogen) atoms. The minimum absolute atomic E-state index is 0.00331. The van der Waals surface area contributed by atoms with Crippen LogP contribution in [-0.4, -0.2) is 23.1 Å². The molecule has 0 spiro atoms. The molecule has 0 aromatic heterocycles. The zero-order valence-corrected chi connectivity index (χ0v) is 17.5. The van der Waals surface area contributed by atoms with Gasteiger partial charge in [-0.05, 0) is 50.9 Å². The molecule has 3 unspecified atom stereocenters. The Morgan fingerprint density at radius 1 is 1.16 bits per heavy atom. The molecule has 4 nitrogen and oxygen atoms in total. The molecule has 1 aliphatic heterocycles. The second-order valence-corrected chi connectivity index (χ2v) is 11.0. The molecule has 2 fully saturated rings. The second-order valence-electron chi connectivity index (χ2n) is 11.0. The van der Waals surface area contributed by atoms with Gasteiger partial charge in [-0.25, -0.2) is 0 Å². The molecule has 0 aromatic carbocycles. The molecular formula is C21H36O4. The number of hydrogen-bond donors (Lipinski definition) is 0. The van der Waals surface area contributed by atoms with Gasteiger partial charge < -0.3 is 9.47 Å². The van der Waals surface area contributed by atoms with E-state index >= 15 is 0 Å². The fourth-order valence-corrected chi connectivity index (χ4v) is 4.34. The quantitative estimate of drug-likeness (QED) is 0.678. The average Bonchev–Trinajstić information content (AvgIpc) is 2.64. The number of ether oxygens (including phenoxy) is 2. The SMILES string of the molecule is CC(C)(C)C[C@](C)(C(=O)OC1(C)CCC2CC1(C)OC2=O)C(C)(C)C. The van der Waals surface area contributed by atoms with Crippen LogP contribution in [0.2, 0.25) is 0 Å². The van der Waals surface area contributed by atoms with Gasteiger partial charge in [-0.3, -0.25) is 9.59 Å². The number of fused-ring (bicyclic) bond motifs is 2. The van der Waals surface area contributed by atoms with Crippen molar-refractivity contribution in [3.05, 3.63) is 0 Å². The number of esters is 2. The Labute approximate surface area is 153 Å². The lowest BCUT2D eigenvalue weighted by molar-refractivity contribution is -0.211. The highest BCUT2D eigenvalue weighted by molar-refractivity contribution is 5.79. The normalized spacial score (nSPS) is 35.1. The summed E-state index contributed by atoms with van der Waals surface area (Å²) in [4.78, 5) is 25.4. The zero-order chi connectivity index (χ0) is 19.5. The van der Waals surface area contributed by atoms with E-state index in [0.29, 0.717) is 12.8 Å². The topological polar surface area (TPSA) is 52.6 Å². The van der Waals surface area contributed by atoms with Gasteiger partial charge in [0.2, 0.25) is 0 Å². The molecule has 1 saturated carbocycles. The lowest BCUT2D eigenvalue weighted by atomic mass is 9.61. The summed E-state index contributed by atoms with van der Waals surface area (Å²) in [6.07, 6.45) is 2.77. The molecule has 0 N–H and O–H groups in total. The standard InChI is InChI=1S/C21H36O4/c1-17(2,3)13-19(7,18(4,5)6)16(23)25-20(8)11-10-14-12-21(20,9)24-15(14)22/h14H,10-13H2,1-9H3/t14?,19-,20?,21?/m1/s1. The Morgan fingerprint density at radius 3 is 2.20 bits per heavy atom. The van der Waals surface area contributed by atoms with Gasteiger partial charge in [0.25, 0.3) is 0 Å². The monoisotopic (exact) mass is 352 g/mol. The third-order valence-electron chi connectivity index (χ3n) is 6.69. The Bertz CT molecular complexity index is 567. The van der Waals surface area contributed by atoms with Crippen LogP contribution in [0.15, 0.2) is 0 Å². The van der Waals surface area contributed by atoms with Crippen molar-refractivity contribution in [2.45, 2.75) is 99.2 Å². The highest BCUT2D eigenvalue weighted by Gasteiger charge is 2.62. The van der Waals surface area contributed by atoms with Crippen LogP contribution in [0.5, 0.6) is 0 Å². The Morgan fingerprint density at radius 2 is 1.72 bits per heavy atom. The van der Waals surface area contributed by atoms with E-state index < -0.39 is 16.6 Å². The maximum Gasteiger partial charge on any atom is 0.313 e. The molecule has 1 saturated heterocycles. The summed E-state index contributed by atoms with van der Waals surface area (Å²) in [5.41, 5.74) is -2.34. The number of hydrogen-bond acceptors (Lipinski definition) is 4. The van der Waals surface area contributed by atoms with Crippen LogP contribution in [0.4, 0.5) is 0 Å². The van der Waals surface area contributed by atoms with Gasteiger partial charge >= 0.3 is 11.9 Å². The molecule has 2 aliphatic rings. The largest absolute Gasteiger partial charge is 0.455 e. The van der Waals surface area contributed by atoms with E-state index in [1.807, 2.05) is 20.8 Å². The van der Waals surface area contributed by atoms with Gasteiger partial charge in [0.05, 0.1) is 11.3 Å².